The van der Waals surface area contributed by atoms with Crippen molar-refractivity contribution in [3.8, 4) is 0 Å². The van der Waals surface area contributed by atoms with Crippen LogP contribution in [0.25, 0.3) is 0 Å². The van der Waals surface area contributed by atoms with Gasteiger partial charge in [0.2, 0.25) is 0 Å². The van der Waals surface area contributed by atoms with Gasteiger partial charge >= 0.3 is 0 Å². The van der Waals surface area contributed by atoms with Gasteiger partial charge in [0.25, 0.3) is 0 Å². The lowest BCUT2D eigenvalue weighted by atomic mass is 9.77. The summed E-state index contributed by atoms with van der Waals surface area (Å²) in [7, 11) is 0. The maximum Gasteiger partial charge on any atom is -0.0412 e. The standard InChI is InChI=1S/C22H46/c1-8-18(7)14-20(11-4)16-22(13-6)17-21(12-5)15-19(9-2)10-3/h18-22H,8-17H2,1-7H3/t18-,20-,21+,22+/m1/s1. The van der Waals surface area contributed by atoms with E-state index < -0.39 is 0 Å². The Bertz CT molecular complexity index is 228. The van der Waals surface area contributed by atoms with Crippen LogP contribution in [0.15, 0.2) is 0 Å². The van der Waals surface area contributed by atoms with Crippen LogP contribution in [-0.2, 0) is 0 Å². The highest BCUT2D eigenvalue weighted by molar-refractivity contribution is 4.72. The quantitative estimate of drug-likeness (QED) is 0.304. The fourth-order valence-electron chi connectivity index (χ4n) is 4.06. The SMILES string of the molecule is CCC(CC)C[C@H](CC)C[C@@H](CC)C[C@H](CC)C[C@H](C)CC. The van der Waals surface area contributed by atoms with Gasteiger partial charge in [0.15, 0.2) is 0 Å². The number of hydrogen-bond donors (Lipinski definition) is 0. The molecule has 0 saturated carbocycles. The van der Waals surface area contributed by atoms with Crippen LogP contribution >= 0.6 is 0 Å². The van der Waals surface area contributed by atoms with Gasteiger partial charge < -0.3 is 0 Å². The average molecular weight is 311 g/mol. The molecule has 22 heavy (non-hydrogen) atoms. The van der Waals surface area contributed by atoms with E-state index >= 15 is 0 Å². The molecule has 0 unspecified atom stereocenters. The molecule has 0 heteroatoms. The summed E-state index contributed by atoms with van der Waals surface area (Å²) in [5, 5.41) is 0. The van der Waals surface area contributed by atoms with Crippen LogP contribution in [0.2, 0.25) is 0 Å². The van der Waals surface area contributed by atoms with Crippen LogP contribution in [0.5, 0.6) is 0 Å². The summed E-state index contributed by atoms with van der Waals surface area (Å²) in [6.07, 6.45) is 14.1. The first-order valence-corrected chi connectivity index (χ1v) is 10.5. The second kappa shape index (κ2) is 13.4. The van der Waals surface area contributed by atoms with E-state index in [9.17, 15) is 0 Å². The Balaban J connectivity index is 4.46. The lowest BCUT2D eigenvalue weighted by Crippen LogP contribution is -2.16. The van der Waals surface area contributed by atoms with Crippen LogP contribution < -0.4 is 0 Å². The molecule has 4 atom stereocenters. The van der Waals surface area contributed by atoms with Gasteiger partial charge in [0, 0.05) is 0 Å². The zero-order valence-electron chi connectivity index (χ0n) is 17.0. The van der Waals surface area contributed by atoms with Crippen LogP contribution in [0, 0.1) is 29.6 Å². The van der Waals surface area contributed by atoms with Gasteiger partial charge in [-0.1, -0.05) is 87.0 Å². The molecule has 0 aliphatic rings. The van der Waals surface area contributed by atoms with E-state index in [0.717, 1.165) is 29.6 Å². The normalized spacial score (nSPS) is 17.5. The van der Waals surface area contributed by atoms with E-state index in [0.29, 0.717) is 0 Å². The summed E-state index contributed by atoms with van der Waals surface area (Å²) >= 11 is 0. The molecule has 0 saturated heterocycles. The molecule has 0 amide bonds. The monoisotopic (exact) mass is 310 g/mol. The molecule has 0 heterocycles. The first-order chi connectivity index (χ1) is 10.5. The Hall–Kier alpha value is 0. The summed E-state index contributed by atoms with van der Waals surface area (Å²) in [6, 6.07) is 0. The van der Waals surface area contributed by atoms with E-state index in [1.807, 2.05) is 0 Å². The van der Waals surface area contributed by atoms with Gasteiger partial charge in [-0.2, -0.15) is 0 Å². The third-order valence-corrected chi connectivity index (χ3v) is 6.32. The third kappa shape index (κ3) is 9.21. The third-order valence-electron chi connectivity index (χ3n) is 6.32. The smallest absolute Gasteiger partial charge is 0.0412 e. The highest BCUT2D eigenvalue weighted by Gasteiger charge is 2.20. The molecule has 0 spiro atoms. The van der Waals surface area contributed by atoms with Gasteiger partial charge in [0.05, 0.1) is 0 Å². The molecule has 0 aromatic carbocycles. The van der Waals surface area contributed by atoms with Gasteiger partial charge in [0.1, 0.15) is 0 Å². The van der Waals surface area contributed by atoms with Crippen LogP contribution in [0.3, 0.4) is 0 Å². The second-order valence-corrected chi connectivity index (χ2v) is 7.96. The fourth-order valence-corrected chi connectivity index (χ4v) is 4.06. The Kier molecular flexibility index (Phi) is 13.4. The molecule has 0 bridgehead atoms. The zero-order valence-corrected chi connectivity index (χ0v) is 17.0. The van der Waals surface area contributed by atoms with Gasteiger partial charge in [-0.25, -0.2) is 0 Å². The Labute approximate surface area is 142 Å². The highest BCUT2D eigenvalue weighted by atomic mass is 14.3. The van der Waals surface area contributed by atoms with E-state index in [1.165, 1.54) is 64.2 Å². The predicted molar refractivity (Wildman–Crippen MR) is 103 cm³/mol. The lowest BCUT2D eigenvalue weighted by Gasteiger charge is -2.28. The summed E-state index contributed by atoms with van der Waals surface area (Å²) in [6.45, 7) is 16.8. The lowest BCUT2D eigenvalue weighted by molar-refractivity contribution is 0.234. The molecule has 0 rings (SSSR count). The molecule has 0 aliphatic carbocycles. The van der Waals surface area contributed by atoms with E-state index in [-0.39, 0.29) is 0 Å². The van der Waals surface area contributed by atoms with Crippen molar-refractivity contribution in [3.63, 3.8) is 0 Å². The second-order valence-electron chi connectivity index (χ2n) is 7.96. The molecule has 0 aliphatic heterocycles. The maximum absolute atomic E-state index is 2.44. The Morgan fingerprint density at radius 3 is 1.05 bits per heavy atom. The minimum absolute atomic E-state index is 0.911. The molecule has 0 N–H and O–H groups in total. The Morgan fingerprint density at radius 2 is 0.727 bits per heavy atom. The zero-order chi connectivity index (χ0) is 17.0. The van der Waals surface area contributed by atoms with E-state index in [2.05, 4.69) is 48.5 Å². The number of hydrogen-bond acceptors (Lipinski definition) is 0. The van der Waals surface area contributed by atoms with E-state index in [1.54, 1.807) is 0 Å². The number of rotatable bonds is 14. The minimum atomic E-state index is 0.911. The largest absolute Gasteiger partial charge is 0.0651 e. The maximum atomic E-state index is 2.44. The topological polar surface area (TPSA) is 0 Å². The minimum Gasteiger partial charge on any atom is -0.0651 e. The predicted octanol–water partition coefficient (Wildman–Crippen LogP) is 8.11. The van der Waals surface area contributed by atoms with Crippen molar-refractivity contribution in [2.24, 2.45) is 29.6 Å². The van der Waals surface area contributed by atoms with Gasteiger partial charge in [-0.05, 0) is 55.3 Å². The van der Waals surface area contributed by atoms with Crippen molar-refractivity contribution in [3.05, 3.63) is 0 Å². The first kappa shape index (κ1) is 22.0. The van der Waals surface area contributed by atoms with Crippen LogP contribution in [0.4, 0.5) is 0 Å². The average Bonchev–Trinajstić information content (AvgIpc) is 2.56. The van der Waals surface area contributed by atoms with Gasteiger partial charge in [-0.3, -0.25) is 0 Å². The fraction of sp³-hybridized carbons (Fsp3) is 1.00. The van der Waals surface area contributed by atoms with Crippen molar-refractivity contribution in [2.75, 3.05) is 0 Å². The summed E-state index contributed by atoms with van der Waals surface area (Å²) in [5.74, 6) is 4.77. The van der Waals surface area contributed by atoms with Crippen LogP contribution in [0.1, 0.15) is 113 Å². The molecule has 134 valence electrons. The molecule has 0 nitrogen and oxygen atoms in total. The van der Waals surface area contributed by atoms with Crippen LogP contribution in [-0.4, -0.2) is 0 Å². The summed E-state index contributed by atoms with van der Waals surface area (Å²) in [5.41, 5.74) is 0. The van der Waals surface area contributed by atoms with Crippen molar-refractivity contribution in [1.82, 2.24) is 0 Å². The highest BCUT2D eigenvalue weighted by Crippen LogP contribution is 2.33. The molecular formula is C22H46. The first-order valence-electron chi connectivity index (χ1n) is 10.5. The summed E-state index contributed by atoms with van der Waals surface area (Å²) in [4.78, 5) is 0. The summed E-state index contributed by atoms with van der Waals surface area (Å²) < 4.78 is 0. The van der Waals surface area contributed by atoms with Crippen molar-refractivity contribution in [1.29, 1.82) is 0 Å². The van der Waals surface area contributed by atoms with Crippen molar-refractivity contribution >= 4 is 0 Å². The molecule has 0 aromatic heterocycles. The van der Waals surface area contributed by atoms with Crippen molar-refractivity contribution in [2.45, 2.75) is 113 Å². The van der Waals surface area contributed by atoms with Gasteiger partial charge in [-0.15, -0.1) is 0 Å². The molecule has 0 radical (unpaired) electrons. The molecular weight excluding hydrogens is 264 g/mol. The van der Waals surface area contributed by atoms with E-state index in [4.69, 9.17) is 0 Å². The molecule has 0 aromatic rings. The molecule has 0 fully saturated rings. The Morgan fingerprint density at radius 1 is 0.409 bits per heavy atom. The van der Waals surface area contributed by atoms with Crippen molar-refractivity contribution < 1.29 is 0 Å².